The highest BCUT2D eigenvalue weighted by atomic mass is 127. The Bertz CT molecular complexity index is 446. The maximum Gasteiger partial charge on any atom is 0.410 e. The number of rotatable bonds is 6. The molecule has 0 radical (unpaired) electrons. The van der Waals surface area contributed by atoms with Crippen molar-refractivity contribution in [2.24, 2.45) is 4.99 Å². The lowest BCUT2D eigenvalue weighted by molar-refractivity contribution is 0.0238. The van der Waals surface area contributed by atoms with Crippen molar-refractivity contribution in [2.75, 3.05) is 32.4 Å². The van der Waals surface area contributed by atoms with Crippen LogP contribution < -0.4 is 10.6 Å². The average Bonchev–Trinajstić information content (AvgIpc) is 3.19. The highest BCUT2D eigenvalue weighted by Gasteiger charge is 2.34. The zero-order valence-corrected chi connectivity index (χ0v) is 19.0. The Morgan fingerprint density at radius 1 is 1.28 bits per heavy atom. The molecule has 2 N–H and O–H groups in total. The summed E-state index contributed by atoms with van der Waals surface area (Å²) in [5.41, 5.74) is -0.450. The average molecular weight is 484 g/mol. The SMILES string of the molecule is CN=C(NCCN(C(=O)OC(C)(C)C)C1CC1)NCC1CCCS1.I. The highest BCUT2D eigenvalue weighted by molar-refractivity contribution is 14.0. The molecule has 1 amide bonds. The smallest absolute Gasteiger partial charge is 0.410 e. The number of carbonyl (C=O) groups excluding carboxylic acids is 1. The summed E-state index contributed by atoms with van der Waals surface area (Å²) >= 11 is 2.03. The van der Waals surface area contributed by atoms with Crippen molar-refractivity contribution in [3.05, 3.63) is 0 Å². The van der Waals surface area contributed by atoms with Crippen molar-refractivity contribution in [3.63, 3.8) is 0 Å². The van der Waals surface area contributed by atoms with Gasteiger partial charge in [0.05, 0.1) is 0 Å². The number of aliphatic imine (C=N–C) groups is 1. The summed E-state index contributed by atoms with van der Waals surface area (Å²) in [5.74, 6) is 2.08. The van der Waals surface area contributed by atoms with Gasteiger partial charge in [-0.25, -0.2) is 4.79 Å². The predicted molar refractivity (Wildman–Crippen MR) is 116 cm³/mol. The maximum absolute atomic E-state index is 12.3. The van der Waals surface area contributed by atoms with Gasteiger partial charge in [0, 0.05) is 38.0 Å². The number of hydrogen-bond acceptors (Lipinski definition) is 4. The Kier molecular flexibility index (Phi) is 9.69. The lowest BCUT2D eigenvalue weighted by Gasteiger charge is -2.27. The van der Waals surface area contributed by atoms with E-state index in [0.29, 0.717) is 24.4 Å². The molecule has 2 fully saturated rings. The minimum atomic E-state index is -0.450. The summed E-state index contributed by atoms with van der Waals surface area (Å²) in [6.07, 6.45) is 4.53. The van der Waals surface area contributed by atoms with Crippen LogP contribution in [-0.4, -0.2) is 66.3 Å². The molecule has 0 aromatic rings. The molecule has 8 heteroatoms. The second kappa shape index (κ2) is 10.7. The third-order valence-corrected chi connectivity index (χ3v) is 5.40. The van der Waals surface area contributed by atoms with Crippen LogP contribution in [0.15, 0.2) is 4.99 Å². The summed E-state index contributed by atoms with van der Waals surface area (Å²) in [7, 11) is 1.78. The number of guanidine groups is 1. The van der Waals surface area contributed by atoms with Gasteiger partial charge in [-0.05, 0) is 52.2 Å². The quantitative estimate of drug-likeness (QED) is 0.345. The predicted octanol–water partition coefficient (Wildman–Crippen LogP) is 3.06. The van der Waals surface area contributed by atoms with Crippen LogP contribution in [0.4, 0.5) is 4.79 Å². The number of thioether (sulfide) groups is 1. The molecule has 1 heterocycles. The van der Waals surface area contributed by atoms with Crippen LogP contribution in [0.1, 0.15) is 46.5 Å². The lowest BCUT2D eigenvalue weighted by atomic mass is 10.2. The number of nitrogens with zero attached hydrogens (tertiary/aromatic N) is 2. The van der Waals surface area contributed by atoms with E-state index >= 15 is 0 Å². The lowest BCUT2D eigenvalue weighted by Crippen LogP contribution is -2.46. The fourth-order valence-corrected chi connectivity index (χ4v) is 3.86. The van der Waals surface area contributed by atoms with Gasteiger partial charge in [0.1, 0.15) is 5.60 Å². The first kappa shape index (κ1) is 22.7. The number of amides is 1. The Labute approximate surface area is 173 Å². The Balaban J connectivity index is 0.00000312. The van der Waals surface area contributed by atoms with E-state index in [2.05, 4.69) is 15.6 Å². The number of ether oxygens (including phenoxy) is 1. The monoisotopic (exact) mass is 484 g/mol. The molecule has 2 aliphatic rings. The fraction of sp³-hybridized carbons (Fsp3) is 0.882. The van der Waals surface area contributed by atoms with Gasteiger partial charge in [-0.2, -0.15) is 11.8 Å². The summed E-state index contributed by atoms with van der Waals surface area (Å²) in [5, 5.41) is 7.37. The Morgan fingerprint density at radius 3 is 2.52 bits per heavy atom. The zero-order chi connectivity index (χ0) is 17.6. The first-order valence-electron chi connectivity index (χ1n) is 8.95. The van der Waals surface area contributed by atoms with Crippen LogP contribution in [0.25, 0.3) is 0 Å². The van der Waals surface area contributed by atoms with E-state index in [4.69, 9.17) is 4.74 Å². The van der Waals surface area contributed by atoms with Gasteiger partial charge in [-0.15, -0.1) is 24.0 Å². The summed E-state index contributed by atoms with van der Waals surface area (Å²) in [6, 6.07) is 0.339. The van der Waals surface area contributed by atoms with Gasteiger partial charge in [-0.1, -0.05) is 0 Å². The molecule has 146 valence electrons. The van der Waals surface area contributed by atoms with Gasteiger partial charge >= 0.3 is 6.09 Å². The summed E-state index contributed by atoms with van der Waals surface area (Å²) < 4.78 is 5.51. The Hall–Kier alpha value is -0.380. The van der Waals surface area contributed by atoms with Gasteiger partial charge in [0.25, 0.3) is 0 Å². The molecular formula is C17H33IN4O2S. The zero-order valence-electron chi connectivity index (χ0n) is 15.8. The van der Waals surface area contributed by atoms with E-state index in [1.165, 1.54) is 18.6 Å². The van der Waals surface area contributed by atoms with Crippen LogP contribution in [0.2, 0.25) is 0 Å². The third kappa shape index (κ3) is 8.70. The molecule has 25 heavy (non-hydrogen) atoms. The number of carbonyl (C=O) groups is 1. The highest BCUT2D eigenvalue weighted by Crippen LogP contribution is 2.28. The number of halogens is 1. The van der Waals surface area contributed by atoms with Crippen LogP contribution in [-0.2, 0) is 4.74 Å². The molecule has 1 unspecified atom stereocenters. The van der Waals surface area contributed by atoms with Crippen molar-refractivity contribution in [1.82, 2.24) is 15.5 Å². The van der Waals surface area contributed by atoms with Gasteiger partial charge in [-0.3, -0.25) is 4.99 Å². The second-order valence-electron chi connectivity index (χ2n) is 7.42. The first-order chi connectivity index (χ1) is 11.4. The van der Waals surface area contributed by atoms with Crippen molar-refractivity contribution in [3.8, 4) is 0 Å². The molecule has 1 atom stereocenters. The molecule has 2 rings (SSSR count). The Morgan fingerprint density at radius 2 is 2.00 bits per heavy atom. The molecular weight excluding hydrogens is 451 g/mol. The number of hydrogen-bond donors (Lipinski definition) is 2. The molecule has 1 aliphatic carbocycles. The van der Waals surface area contributed by atoms with Crippen molar-refractivity contribution in [2.45, 2.75) is 63.3 Å². The van der Waals surface area contributed by atoms with E-state index in [1.54, 1.807) is 7.05 Å². The second-order valence-corrected chi connectivity index (χ2v) is 8.83. The van der Waals surface area contributed by atoms with Crippen molar-refractivity contribution < 1.29 is 9.53 Å². The third-order valence-electron chi connectivity index (χ3n) is 4.01. The van der Waals surface area contributed by atoms with Gasteiger partial charge in [0.2, 0.25) is 0 Å². The largest absolute Gasteiger partial charge is 0.444 e. The maximum atomic E-state index is 12.3. The van der Waals surface area contributed by atoms with Gasteiger partial charge < -0.3 is 20.3 Å². The minimum Gasteiger partial charge on any atom is -0.444 e. The molecule has 1 saturated carbocycles. The van der Waals surface area contributed by atoms with Crippen LogP contribution in [0.3, 0.4) is 0 Å². The normalized spacial score (nSPS) is 20.6. The van der Waals surface area contributed by atoms with Crippen molar-refractivity contribution in [1.29, 1.82) is 0 Å². The molecule has 0 aromatic heterocycles. The molecule has 0 bridgehead atoms. The molecule has 0 aromatic carbocycles. The van der Waals surface area contributed by atoms with Crippen LogP contribution in [0, 0.1) is 0 Å². The van der Waals surface area contributed by atoms with E-state index in [1.807, 2.05) is 37.4 Å². The summed E-state index contributed by atoms with van der Waals surface area (Å²) in [6.45, 7) is 7.97. The van der Waals surface area contributed by atoms with E-state index < -0.39 is 5.60 Å². The van der Waals surface area contributed by atoms with Crippen LogP contribution in [0.5, 0.6) is 0 Å². The fourth-order valence-electron chi connectivity index (χ4n) is 2.66. The summed E-state index contributed by atoms with van der Waals surface area (Å²) in [4.78, 5) is 18.4. The molecule has 6 nitrogen and oxygen atoms in total. The topological polar surface area (TPSA) is 66.0 Å². The van der Waals surface area contributed by atoms with Crippen LogP contribution >= 0.6 is 35.7 Å². The standard InChI is InChI=1S/C17H32N4O2S.HI/c1-17(2,3)23-16(22)21(13-7-8-13)10-9-19-15(18-4)20-12-14-6-5-11-24-14;/h13-14H,5-12H2,1-4H3,(H2,18,19,20);1H. The van der Waals surface area contributed by atoms with E-state index in [9.17, 15) is 4.79 Å². The minimum absolute atomic E-state index is 0. The van der Waals surface area contributed by atoms with Crippen molar-refractivity contribution >= 4 is 47.8 Å². The molecule has 0 spiro atoms. The molecule has 1 aliphatic heterocycles. The van der Waals surface area contributed by atoms with E-state index in [0.717, 1.165) is 25.3 Å². The molecule has 1 saturated heterocycles. The van der Waals surface area contributed by atoms with E-state index in [-0.39, 0.29) is 30.1 Å². The van der Waals surface area contributed by atoms with Gasteiger partial charge in [0.15, 0.2) is 5.96 Å². The number of nitrogens with one attached hydrogen (secondary N) is 2. The first-order valence-corrected chi connectivity index (χ1v) is 9.99.